The largest absolute Gasteiger partial charge is 0.355 e. The number of piperazine rings is 1. The third kappa shape index (κ3) is 5.27. The Balaban J connectivity index is 2.34. The Morgan fingerprint density at radius 3 is 3.06 bits per heavy atom. The Hall–Kier alpha value is -0.260. The standard InChI is InChI=1S/C12H25N3OS/c1-3-14-12(16)11-10-13-6-8-15(11)7-5-9-17-4-2/h11,13H,3-10H2,1-2H3,(H,14,16). The molecule has 1 unspecified atom stereocenters. The van der Waals surface area contributed by atoms with Gasteiger partial charge in [-0.15, -0.1) is 0 Å². The van der Waals surface area contributed by atoms with Crippen LogP contribution < -0.4 is 10.6 Å². The number of hydrogen-bond donors (Lipinski definition) is 2. The van der Waals surface area contributed by atoms with Crippen LogP contribution in [-0.2, 0) is 4.79 Å². The molecule has 1 rings (SSSR count). The van der Waals surface area contributed by atoms with E-state index in [9.17, 15) is 4.79 Å². The van der Waals surface area contributed by atoms with Gasteiger partial charge in [-0.25, -0.2) is 0 Å². The molecule has 0 aliphatic carbocycles. The molecule has 1 heterocycles. The second-order valence-electron chi connectivity index (χ2n) is 4.20. The molecule has 1 fully saturated rings. The van der Waals surface area contributed by atoms with Crippen LogP contribution in [0.1, 0.15) is 20.3 Å². The average molecular weight is 259 g/mol. The van der Waals surface area contributed by atoms with Gasteiger partial charge in [0.05, 0.1) is 0 Å². The molecule has 1 atom stereocenters. The Bertz CT molecular complexity index is 226. The first-order valence-corrected chi connectivity index (χ1v) is 7.75. The molecular weight excluding hydrogens is 234 g/mol. The molecular formula is C12H25N3OS. The average Bonchev–Trinajstić information content (AvgIpc) is 2.35. The van der Waals surface area contributed by atoms with Gasteiger partial charge in [0.1, 0.15) is 6.04 Å². The summed E-state index contributed by atoms with van der Waals surface area (Å²) in [6.07, 6.45) is 1.18. The van der Waals surface area contributed by atoms with Gasteiger partial charge in [-0.05, 0) is 31.4 Å². The summed E-state index contributed by atoms with van der Waals surface area (Å²) in [7, 11) is 0. The van der Waals surface area contributed by atoms with E-state index >= 15 is 0 Å². The van der Waals surface area contributed by atoms with Gasteiger partial charge < -0.3 is 10.6 Å². The lowest BCUT2D eigenvalue weighted by molar-refractivity contribution is -0.126. The van der Waals surface area contributed by atoms with Gasteiger partial charge in [0, 0.05) is 26.2 Å². The van der Waals surface area contributed by atoms with Crippen LogP contribution >= 0.6 is 11.8 Å². The van der Waals surface area contributed by atoms with Crippen LogP contribution in [0.2, 0.25) is 0 Å². The number of likely N-dealkylation sites (N-methyl/N-ethyl adjacent to an activating group) is 1. The number of rotatable bonds is 7. The lowest BCUT2D eigenvalue weighted by Gasteiger charge is -2.35. The van der Waals surface area contributed by atoms with Crippen molar-refractivity contribution in [2.75, 3.05) is 44.2 Å². The first-order chi connectivity index (χ1) is 8.29. The number of nitrogens with zero attached hydrogens (tertiary/aromatic N) is 1. The second kappa shape index (κ2) is 8.78. The number of amides is 1. The van der Waals surface area contributed by atoms with Crippen molar-refractivity contribution in [1.82, 2.24) is 15.5 Å². The quantitative estimate of drug-likeness (QED) is 0.655. The lowest BCUT2D eigenvalue weighted by Crippen LogP contribution is -2.58. The molecule has 0 aromatic rings. The van der Waals surface area contributed by atoms with Crippen molar-refractivity contribution in [2.45, 2.75) is 26.3 Å². The first kappa shape index (κ1) is 14.8. The minimum absolute atomic E-state index is 0.0235. The van der Waals surface area contributed by atoms with E-state index in [1.54, 1.807) is 0 Å². The summed E-state index contributed by atoms with van der Waals surface area (Å²) in [5.41, 5.74) is 0. The van der Waals surface area contributed by atoms with Gasteiger partial charge in [0.25, 0.3) is 0 Å². The maximum absolute atomic E-state index is 11.9. The molecule has 2 N–H and O–H groups in total. The van der Waals surface area contributed by atoms with E-state index in [-0.39, 0.29) is 11.9 Å². The number of carbonyl (C=O) groups is 1. The van der Waals surface area contributed by atoms with Crippen molar-refractivity contribution in [3.8, 4) is 0 Å². The van der Waals surface area contributed by atoms with Gasteiger partial charge in [0.15, 0.2) is 0 Å². The highest BCUT2D eigenvalue weighted by Gasteiger charge is 2.27. The Kier molecular flexibility index (Phi) is 7.64. The van der Waals surface area contributed by atoms with Crippen LogP contribution in [-0.4, -0.2) is 61.1 Å². The minimum Gasteiger partial charge on any atom is -0.355 e. The summed E-state index contributed by atoms with van der Waals surface area (Å²) in [5.74, 6) is 2.55. The highest BCUT2D eigenvalue weighted by molar-refractivity contribution is 7.99. The van der Waals surface area contributed by atoms with E-state index in [0.29, 0.717) is 0 Å². The molecule has 17 heavy (non-hydrogen) atoms. The Labute approximate surface area is 109 Å². The smallest absolute Gasteiger partial charge is 0.238 e. The van der Waals surface area contributed by atoms with Crippen LogP contribution in [0.5, 0.6) is 0 Å². The zero-order chi connectivity index (χ0) is 12.5. The SMILES string of the molecule is CCNC(=O)C1CNCCN1CCCSCC. The molecule has 0 saturated carbocycles. The Morgan fingerprint density at radius 1 is 1.53 bits per heavy atom. The molecule has 0 aromatic carbocycles. The van der Waals surface area contributed by atoms with E-state index < -0.39 is 0 Å². The molecule has 1 amide bonds. The van der Waals surface area contributed by atoms with Crippen LogP contribution in [0.25, 0.3) is 0 Å². The van der Waals surface area contributed by atoms with Crippen LogP contribution in [0.3, 0.4) is 0 Å². The third-order valence-electron chi connectivity index (χ3n) is 2.95. The van der Waals surface area contributed by atoms with Crippen molar-refractivity contribution < 1.29 is 4.79 Å². The Morgan fingerprint density at radius 2 is 2.35 bits per heavy atom. The van der Waals surface area contributed by atoms with E-state index in [2.05, 4.69) is 22.5 Å². The molecule has 5 heteroatoms. The predicted octanol–water partition coefficient (Wildman–Crippen LogP) is 0.540. The molecule has 1 aliphatic rings. The topological polar surface area (TPSA) is 44.4 Å². The molecule has 100 valence electrons. The van der Waals surface area contributed by atoms with Crippen molar-refractivity contribution >= 4 is 17.7 Å². The highest BCUT2D eigenvalue weighted by Crippen LogP contribution is 2.07. The normalized spacial score (nSPS) is 21.4. The van der Waals surface area contributed by atoms with Gasteiger partial charge in [-0.3, -0.25) is 9.69 Å². The maximum atomic E-state index is 11.9. The first-order valence-electron chi connectivity index (χ1n) is 6.59. The molecule has 0 spiro atoms. The van der Waals surface area contributed by atoms with Gasteiger partial charge in [-0.1, -0.05) is 6.92 Å². The van der Waals surface area contributed by atoms with Crippen molar-refractivity contribution in [1.29, 1.82) is 0 Å². The fraction of sp³-hybridized carbons (Fsp3) is 0.917. The molecule has 0 bridgehead atoms. The zero-order valence-corrected chi connectivity index (χ0v) is 11.8. The van der Waals surface area contributed by atoms with Gasteiger partial charge in [0.2, 0.25) is 5.91 Å². The van der Waals surface area contributed by atoms with E-state index in [1.165, 1.54) is 17.9 Å². The second-order valence-corrected chi connectivity index (χ2v) is 5.59. The van der Waals surface area contributed by atoms with Gasteiger partial charge >= 0.3 is 0 Å². The predicted molar refractivity (Wildman–Crippen MR) is 74.5 cm³/mol. The summed E-state index contributed by atoms with van der Waals surface area (Å²) in [5, 5.41) is 6.22. The highest BCUT2D eigenvalue weighted by atomic mass is 32.2. The monoisotopic (exact) mass is 259 g/mol. The fourth-order valence-electron chi connectivity index (χ4n) is 2.08. The number of hydrogen-bond acceptors (Lipinski definition) is 4. The van der Waals surface area contributed by atoms with E-state index in [0.717, 1.165) is 32.7 Å². The minimum atomic E-state index is 0.0235. The van der Waals surface area contributed by atoms with Crippen LogP contribution in [0.4, 0.5) is 0 Å². The third-order valence-corrected chi connectivity index (χ3v) is 3.93. The lowest BCUT2D eigenvalue weighted by atomic mass is 10.1. The summed E-state index contributed by atoms with van der Waals surface area (Å²) in [6, 6.07) is 0.0235. The number of thioether (sulfide) groups is 1. The maximum Gasteiger partial charge on any atom is 0.238 e. The summed E-state index contributed by atoms with van der Waals surface area (Å²) in [6.45, 7) is 8.68. The van der Waals surface area contributed by atoms with Crippen molar-refractivity contribution in [3.63, 3.8) is 0 Å². The number of nitrogens with one attached hydrogen (secondary N) is 2. The molecule has 0 aromatic heterocycles. The van der Waals surface area contributed by atoms with Crippen LogP contribution in [0, 0.1) is 0 Å². The molecule has 1 aliphatic heterocycles. The van der Waals surface area contributed by atoms with Crippen molar-refractivity contribution in [3.05, 3.63) is 0 Å². The fourth-order valence-corrected chi connectivity index (χ4v) is 2.70. The molecule has 0 radical (unpaired) electrons. The van der Waals surface area contributed by atoms with Crippen LogP contribution in [0.15, 0.2) is 0 Å². The summed E-state index contributed by atoms with van der Waals surface area (Å²) in [4.78, 5) is 14.2. The summed E-state index contributed by atoms with van der Waals surface area (Å²) < 4.78 is 0. The van der Waals surface area contributed by atoms with Gasteiger partial charge in [-0.2, -0.15) is 11.8 Å². The molecule has 4 nitrogen and oxygen atoms in total. The van der Waals surface area contributed by atoms with E-state index in [1.807, 2.05) is 18.7 Å². The number of carbonyl (C=O) groups excluding carboxylic acids is 1. The van der Waals surface area contributed by atoms with E-state index in [4.69, 9.17) is 0 Å². The molecule has 1 saturated heterocycles. The summed E-state index contributed by atoms with van der Waals surface area (Å²) >= 11 is 1.97. The zero-order valence-electron chi connectivity index (χ0n) is 11.0. The van der Waals surface area contributed by atoms with Crippen molar-refractivity contribution in [2.24, 2.45) is 0 Å².